The molecule has 1 saturated heterocycles. The van der Waals surface area contributed by atoms with Crippen molar-refractivity contribution in [3.05, 3.63) is 23.9 Å². The maximum atomic E-state index is 12.6. The largest absolute Gasteiger partial charge is 0.450 e. The number of ether oxygens (including phenoxy) is 1. The average molecular weight is 303 g/mol. The lowest BCUT2D eigenvalue weighted by Crippen LogP contribution is -2.49. The fourth-order valence-corrected chi connectivity index (χ4v) is 2.09. The smallest absolute Gasteiger partial charge is 0.433 e. The molecule has 0 aliphatic carbocycles. The minimum atomic E-state index is -4.46. The van der Waals surface area contributed by atoms with E-state index in [9.17, 15) is 18.0 Å². The molecule has 0 spiro atoms. The lowest BCUT2D eigenvalue weighted by atomic mass is 10.3. The maximum absolute atomic E-state index is 12.6. The van der Waals surface area contributed by atoms with Crippen molar-refractivity contribution in [2.24, 2.45) is 0 Å². The Kier molecular flexibility index (Phi) is 4.54. The zero-order chi connectivity index (χ0) is 15.5. The Balaban J connectivity index is 2.01. The number of anilines is 1. The molecule has 2 rings (SSSR count). The topological polar surface area (TPSA) is 45.7 Å². The number of hydrogen-bond acceptors (Lipinski definition) is 4. The zero-order valence-corrected chi connectivity index (χ0v) is 11.6. The molecule has 0 bridgehead atoms. The molecule has 8 heteroatoms. The molecule has 1 aromatic rings. The first-order valence-electron chi connectivity index (χ1n) is 6.62. The van der Waals surface area contributed by atoms with Crippen molar-refractivity contribution in [3.63, 3.8) is 0 Å². The van der Waals surface area contributed by atoms with Crippen LogP contribution >= 0.6 is 0 Å². The Morgan fingerprint density at radius 3 is 2.52 bits per heavy atom. The van der Waals surface area contributed by atoms with Crippen LogP contribution in [0.15, 0.2) is 18.2 Å². The van der Waals surface area contributed by atoms with E-state index in [1.807, 2.05) is 0 Å². The van der Waals surface area contributed by atoms with Crippen LogP contribution in [-0.4, -0.2) is 48.8 Å². The van der Waals surface area contributed by atoms with E-state index in [1.54, 1.807) is 11.8 Å². The third-order valence-electron chi connectivity index (χ3n) is 3.15. The molecule has 2 heterocycles. The third kappa shape index (κ3) is 3.77. The maximum Gasteiger partial charge on any atom is 0.433 e. The summed E-state index contributed by atoms with van der Waals surface area (Å²) in [5, 5.41) is 0. The Morgan fingerprint density at radius 1 is 1.29 bits per heavy atom. The summed E-state index contributed by atoms with van der Waals surface area (Å²) in [7, 11) is 0. The molecule has 0 atom stereocenters. The highest BCUT2D eigenvalue weighted by molar-refractivity contribution is 5.68. The van der Waals surface area contributed by atoms with E-state index in [0.717, 1.165) is 6.07 Å². The van der Waals surface area contributed by atoms with Gasteiger partial charge in [0.1, 0.15) is 11.5 Å². The van der Waals surface area contributed by atoms with Crippen molar-refractivity contribution in [1.82, 2.24) is 9.88 Å². The molecule has 0 saturated carbocycles. The number of hydrogen-bond donors (Lipinski definition) is 0. The van der Waals surface area contributed by atoms with Crippen LogP contribution in [0.25, 0.3) is 0 Å². The third-order valence-corrected chi connectivity index (χ3v) is 3.15. The van der Waals surface area contributed by atoms with Gasteiger partial charge in [-0.25, -0.2) is 9.78 Å². The highest BCUT2D eigenvalue weighted by atomic mass is 19.4. The number of pyridine rings is 1. The summed E-state index contributed by atoms with van der Waals surface area (Å²) in [5.41, 5.74) is -0.909. The molecule has 0 radical (unpaired) electrons. The molecular formula is C13H16F3N3O2. The highest BCUT2D eigenvalue weighted by Crippen LogP contribution is 2.29. The molecule has 1 aromatic heterocycles. The number of halogens is 3. The Bertz CT molecular complexity index is 500. The molecule has 21 heavy (non-hydrogen) atoms. The van der Waals surface area contributed by atoms with Crippen molar-refractivity contribution in [1.29, 1.82) is 0 Å². The first-order chi connectivity index (χ1) is 9.91. The average Bonchev–Trinajstić information content (AvgIpc) is 2.47. The van der Waals surface area contributed by atoms with Gasteiger partial charge in [-0.1, -0.05) is 6.07 Å². The van der Waals surface area contributed by atoms with Crippen LogP contribution in [0.3, 0.4) is 0 Å². The van der Waals surface area contributed by atoms with Gasteiger partial charge in [0, 0.05) is 26.2 Å². The minimum Gasteiger partial charge on any atom is -0.450 e. The summed E-state index contributed by atoms with van der Waals surface area (Å²) < 4.78 is 42.8. The van der Waals surface area contributed by atoms with Gasteiger partial charge in [0.15, 0.2) is 0 Å². The quantitative estimate of drug-likeness (QED) is 0.841. The molecule has 5 nitrogen and oxygen atoms in total. The van der Waals surface area contributed by atoms with E-state index in [1.165, 1.54) is 17.0 Å². The van der Waals surface area contributed by atoms with Crippen LogP contribution in [0.1, 0.15) is 12.6 Å². The zero-order valence-electron chi connectivity index (χ0n) is 11.6. The summed E-state index contributed by atoms with van der Waals surface area (Å²) in [4.78, 5) is 18.5. The van der Waals surface area contributed by atoms with E-state index >= 15 is 0 Å². The number of piperazine rings is 1. The van der Waals surface area contributed by atoms with Crippen LogP contribution in [0.5, 0.6) is 0 Å². The SMILES string of the molecule is CCOC(=O)N1CCN(c2cccc(C(F)(F)F)n2)CC1. The van der Waals surface area contributed by atoms with E-state index in [-0.39, 0.29) is 5.82 Å². The van der Waals surface area contributed by atoms with Crippen LogP contribution in [-0.2, 0) is 10.9 Å². The fourth-order valence-electron chi connectivity index (χ4n) is 2.09. The summed E-state index contributed by atoms with van der Waals surface area (Å²) in [6.07, 6.45) is -4.85. The molecule has 1 amide bonds. The van der Waals surface area contributed by atoms with Crippen LogP contribution < -0.4 is 4.90 Å². The normalized spacial score (nSPS) is 16.0. The van der Waals surface area contributed by atoms with Gasteiger partial charge in [-0.2, -0.15) is 13.2 Å². The Hall–Kier alpha value is -1.99. The molecular weight excluding hydrogens is 287 g/mol. The summed E-state index contributed by atoms with van der Waals surface area (Å²) in [6.45, 7) is 3.67. The second-order valence-corrected chi connectivity index (χ2v) is 4.55. The molecule has 116 valence electrons. The molecule has 0 aromatic carbocycles. The highest BCUT2D eigenvalue weighted by Gasteiger charge is 2.33. The standard InChI is InChI=1S/C13H16F3N3O2/c1-2-21-12(20)19-8-6-18(7-9-19)11-5-3-4-10(17-11)13(14,15)16/h3-5H,2,6-9H2,1H3. The fraction of sp³-hybridized carbons (Fsp3) is 0.538. The Labute approximate surface area is 120 Å². The van der Waals surface area contributed by atoms with E-state index in [4.69, 9.17) is 4.74 Å². The number of nitrogens with zero attached hydrogens (tertiary/aromatic N) is 3. The van der Waals surface area contributed by atoms with E-state index in [0.29, 0.717) is 32.8 Å². The lowest BCUT2D eigenvalue weighted by molar-refractivity contribution is -0.141. The molecule has 0 unspecified atom stereocenters. The van der Waals surface area contributed by atoms with Gasteiger partial charge in [0.05, 0.1) is 6.61 Å². The van der Waals surface area contributed by atoms with Crippen LogP contribution in [0.4, 0.5) is 23.8 Å². The van der Waals surface area contributed by atoms with Crippen molar-refractivity contribution < 1.29 is 22.7 Å². The Morgan fingerprint density at radius 2 is 1.95 bits per heavy atom. The first-order valence-corrected chi connectivity index (χ1v) is 6.62. The first kappa shape index (κ1) is 15.4. The number of rotatable bonds is 2. The summed E-state index contributed by atoms with van der Waals surface area (Å²) >= 11 is 0. The van der Waals surface area contributed by atoms with E-state index in [2.05, 4.69) is 4.98 Å². The summed E-state index contributed by atoms with van der Waals surface area (Å²) in [6, 6.07) is 3.82. The number of amides is 1. The van der Waals surface area contributed by atoms with Crippen molar-refractivity contribution in [3.8, 4) is 0 Å². The molecule has 1 aliphatic heterocycles. The predicted octanol–water partition coefficient (Wildman–Crippen LogP) is 2.38. The molecule has 1 aliphatic rings. The second-order valence-electron chi connectivity index (χ2n) is 4.55. The minimum absolute atomic E-state index is 0.272. The number of alkyl halides is 3. The van der Waals surface area contributed by atoms with Gasteiger partial charge in [0.25, 0.3) is 0 Å². The predicted molar refractivity (Wildman–Crippen MR) is 70.0 cm³/mol. The lowest BCUT2D eigenvalue weighted by Gasteiger charge is -2.34. The van der Waals surface area contributed by atoms with E-state index < -0.39 is 18.0 Å². The second kappa shape index (κ2) is 6.19. The van der Waals surface area contributed by atoms with Gasteiger partial charge in [-0.05, 0) is 19.1 Å². The molecule has 0 N–H and O–H groups in total. The van der Waals surface area contributed by atoms with Gasteiger partial charge in [0.2, 0.25) is 0 Å². The number of aromatic nitrogens is 1. The number of carbonyl (C=O) groups excluding carboxylic acids is 1. The van der Waals surface area contributed by atoms with Gasteiger partial charge >= 0.3 is 12.3 Å². The van der Waals surface area contributed by atoms with Gasteiger partial charge < -0.3 is 14.5 Å². The molecule has 1 fully saturated rings. The van der Waals surface area contributed by atoms with Crippen molar-refractivity contribution in [2.75, 3.05) is 37.7 Å². The van der Waals surface area contributed by atoms with Gasteiger partial charge in [-0.15, -0.1) is 0 Å². The summed E-state index contributed by atoms with van der Waals surface area (Å²) in [5.74, 6) is 0.272. The van der Waals surface area contributed by atoms with Gasteiger partial charge in [-0.3, -0.25) is 0 Å². The van der Waals surface area contributed by atoms with Crippen molar-refractivity contribution >= 4 is 11.9 Å². The van der Waals surface area contributed by atoms with Crippen LogP contribution in [0.2, 0.25) is 0 Å². The van der Waals surface area contributed by atoms with Crippen LogP contribution in [0, 0.1) is 0 Å². The number of carbonyl (C=O) groups is 1. The monoisotopic (exact) mass is 303 g/mol. The van der Waals surface area contributed by atoms with Crippen molar-refractivity contribution in [2.45, 2.75) is 13.1 Å².